The van der Waals surface area contributed by atoms with Crippen LogP contribution in [-0.4, -0.2) is 50.5 Å². The van der Waals surface area contributed by atoms with Crippen molar-refractivity contribution in [3.63, 3.8) is 0 Å². The monoisotopic (exact) mass is 383 g/mol. The number of nitrogens with zero attached hydrogens (tertiary/aromatic N) is 5. The summed E-state index contributed by atoms with van der Waals surface area (Å²) >= 11 is 1.64. The van der Waals surface area contributed by atoms with Gasteiger partial charge in [-0.2, -0.15) is 13.2 Å². The third-order valence-electron chi connectivity index (χ3n) is 5.43. The van der Waals surface area contributed by atoms with Crippen molar-refractivity contribution in [2.75, 3.05) is 25.4 Å². The predicted molar refractivity (Wildman–Crippen MR) is 91.8 cm³/mol. The van der Waals surface area contributed by atoms with Crippen LogP contribution in [0.25, 0.3) is 0 Å². The Kier molecular flexibility index (Phi) is 4.46. The molecule has 140 valence electrons. The van der Waals surface area contributed by atoms with E-state index in [0.717, 1.165) is 48.9 Å². The van der Waals surface area contributed by atoms with Crippen molar-refractivity contribution in [3.05, 3.63) is 35.4 Å². The molecule has 1 aromatic carbocycles. The Hall–Kier alpha value is -1.61. The Morgan fingerprint density at radius 1 is 1.27 bits per heavy atom. The third-order valence-corrected chi connectivity index (χ3v) is 6.53. The molecule has 0 N–H and O–H groups in total. The number of halogens is 3. The standard InChI is InChI=1S/C17H20F3N5S/c1-24-15(21-22-23-24)26-8-2-7-25-10-14-9-16(14,11-25)12-3-5-13(6-4-12)17(18,19)20/h3-6,14H,2,7-11H2,1H3/t14-,16+/m0/s1. The van der Waals surface area contributed by atoms with Crippen molar-refractivity contribution in [2.45, 2.75) is 29.6 Å². The van der Waals surface area contributed by atoms with Crippen LogP contribution in [0.1, 0.15) is 24.0 Å². The zero-order chi connectivity index (χ0) is 18.4. The molecule has 0 spiro atoms. The van der Waals surface area contributed by atoms with Gasteiger partial charge in [-0.05, 0) is 53.4 Å². The lowest BCUT2D eigenvalue weighted by atomic mass is 9.94. The van der Waals surface area contributed by atoms with E-state index in [0.29, 0.717) is 5.92 Å². The first-order valence-electron chi connectivity index (χ1n) is 8.64. The third kappa shape index (κ3) is 3.34. The second-order valence-corrected chi connectivity index (χ2v) is 8.22. The average molecular weight is 383 g/mol. The number of hydrogen-bond donors (Lipinski definition) is 0. The first-order valence-corrected chi connectivity index (χ1v) is 9.62. The number of hydrogen-bond acceptors (Lipinski definition) is 5. The van der Waals surface area contributed by atoms with Gasteiger partial charge in [-0.1, -0.05) is 23.9 Å². The highest BCUT2D eigenvalue weighted by Gasteiger charge is 2.60. The Bertz CT molecular complexity index is 775. The number of thioether (sulfide) groups is 1. The van der Waals surface area contributed by atoms with Crippen LogP contribution in [0.2, 0.25) is 0 Å². The number of aryl methyl sites for hydroxylation is 1. The van der Waals surface area contributed by atoms with Crippen LogP contribution < -0.4 is 0 Å². The van der Waals surface area contributed by atoms with Crippen LogP contribution in [0.15, 0.2) is 29.4 Å². The summed E-state index contributed by atoms with van der Waals surface area (Å²) in [6, 6.07) is 5.77. The summed E-state index contributed by atoms with van der Waals surface area (Å²) in [6.07, 6.45) is -2.14. The van der Waals surface area contributed by atoms with E-state index in [4.69, 9.17) is 0 Å². The van der Waals surface area contributed by atoms with Crippen LogP contribution in [0, 0.1) is 5.92 Å². The lowest BCUT2D eigenvalue weighted by Gasteiger charge is -2.21. The van der Waals surface area contributed by atoms with Gasteiger partial charge in [-0.15, -0.1) is 5.10 Å². The van der Waals surface area contributed by atoms with Crippen LogP contribution in [-0.2, 0) is 18.6 Å². The average Bonchev–Trinajstić information content (AvgIpc) is 2.95. The molecule has 2 atom stereocenters. The summed E-state index contributed by atoms with van der Waals surface area (Å²) in [4.78, 5) is 2.43. The molecule has 2 aromatic rings. The van der Waals surface area contributed by atoms with Gasteiger partial charge in [0.25, 0.3) is 0 Å². The molecule has 2 aliphatic rings. The smallest absolute Gasteiger partial charge is 0.302 e. The molecular weight excluding hydrogens is 363 g/mol. The zero-order valence-corrected chi connectivity index (χ0v) is 15.2. The molecule has 1 aromatic heterocycles. The van der Waals surface area contributed by atoms with E-state index in [2.05, 4.69) is 20.4 Å². The molecule has 9 heteroatoms. The first kappa shape index (κ1) is 17.8. The van der Waals surface area contributed by atoms with Gasteiger partial charge in [-0.3, -0.25) is 0 Å². The van der Waals surface area contributed by atoms with Crippen LogP contribution in [0.4, 0.5) is 13.2 Å². The summed E-state index contributed by atoms with van der Waals surface area (Å²) in [6.45, 7) is 2.98. The number of alkyl halides is 3. The molecule has 5 nitrogen and oxygen atoms in total. The minimum Gasteiger partial charge on any atom is -0.302 e. The highest BCUT2D eigenvalue weighted by Crippen LogP contribution is 2.59. The SMILES string of the molecule is Cn1nnnc1SCCCN1C[C@@H]2C[C@]2(c2ccc(C(F)(F)F)cc2)C1. The Balaban J connectivity index is 1.29. The number of tetrazole rings is 1. The second-order valence-electron chi connectivity index (χ2n) is 7.15. The molecule has 1 aliphatic carbocycles. The van der Waals surface area contributed by atoms with Gasteiger partial charge < -0.3 is 4.90 Å². The molecule has 0 amide bonds. The molecule has 1 saturated heterocycles. The summed E-state index contributed by atoms with van der Waals surface area (Å²) in [5.41, 5.74) is 0.558. The number of benzene rings is 1. The van der Waals surface area contributed by atoms with E-state index in [1.807, 2.05) is 7.05 Å². The van der Waals surface area contributed by atoms with Crippen molar-refractivity contribution < 1.29 is 13.2 Å². The highest BCUT2D eigenvalue weighted by atomic mass is 32.2. The fourth-order valence-corrected chi connectivity index (χ4v) is 4.76. The minimum absolute atomic E-state index is 0.0742. The van der Waals surface area contributed by atoms with Crippen molar-refractivity contribution in [3.8, 4) is 0 Å². The van der Waals surface area contributed by atoms with E-state index in [-0.39, 0.29) is 5.41 Å². The molecule has 0 radical (unpaired) electrons. The number of aromatic nitrogens is 4. The van der Waals surface area contributed by atoms with E-state index in [9.17, 15) is 13.2 Å². The fraction of sp³-hybridized carbons (Fsp3) is 0.588. The van der Waals surface area contributed by atoms with Gasteiger partial charge in [0.15, 0.2) is 0 Å². The molecule has 1 saturated carbocycles. The predicted octanol–water partition coefficient (Wildman–Crippen LogP) is 2.98. The first-order chi connectivity index (χ1) is 12.4. The molecular formula is C17H20F3N5S. The van der Waals surface area contributed by atoms with E-state index in [1.54, 1.807) is 28.6 Å². The van der Waals surface area contributed by atoms with Gasteiger partial charge in [0.2, 0.25) is 5.16 Å². The number of rotatable bonds is 6. The van der Waals surface area contributed by atoms with E-state index < -0.39 is 11.7 Å². The molecule has 2 heterocycles. The second kappa shape index (κ2) is 6.53. The van der Waals surface area contributed by atoms with Crippen molar-refractivity contribution in [2.24, 2.45) is 13.0 Å². The molecule has 26 heavy (non-hydrogen) atoms. The number of piperidine rings is 1. The molecule has 0 unspecified atom stereocenters. The summed E-state index contributed by atoms with van der Waals surface area (Å²) in [5, 5.41) is 12.2. The highest BCUT2D eigenvalue weighted by molar-refractivity contribution is 7.99. The Morgan fingerprint density at radius 3 is 2.69 bits per heavy atom. The van der Waals surface area contributed by atoms with Crippen LogP contribution in [0.5, 0.6) is 0 Å². The molecule has 1 aliphatic heterocycles. The normalized spacial score (nSPS) is 25.5. The lowest BCUT2D eigenvalue weighted by Crippen LogP contribution is -2.28. The Labute approximate surface area is 153 Å². The maximum absolute atomic E-state index is 12.7. The number of fused-ring (bicyclic) bond motifs is 1. The van der Waals surface area contributed by atoms with Gasteiger partial charge in [0.1, 0.15) is 0 Å². The maximum atomic E-state index is 12.7. The molecule has 0 bridgehead atoms. The topological polar surface area (TPSA) is 46.8 Å². The maximum Gasteiger partial charge on any atom is 0.416 e. The van der Waals surface area contributed by atoms with Crippen molar-refractivity contribution in [1.82, 2.24) is 25.1 Å². The van der Waals surface area contributed by atoms with Gasteiger partial charge in [0, 0.05) is 31.3 Å². The fourth-order valence-electron chi connectivity index (χ4n) is 3.99. The molecule has 2 fully saturated rings. The summed E-state index contributed by atoms with van der Waals surface area (Å²) in [5.74, 6) is 1.53. The summed E-state index contributed by atoms with van der Waals surface area (Å²) in [7, 11) is 1.82. The lowest BCUT2D eigenvalue weighted by molar-refractivity contribution is -0.137. The van der Waals surface area contributed by atoms with Crippen molar-refractivity contribution >= 4 is 11.8 Å². The van der Waals surface area contributed by atoms with Crippen molar-refractivity contribution in [1.29, 1.82) is 0 Å². The largest absolute Gasteiger partial charge is 0.416 e. The van der Waals surface area contributed by atoms with Gasteiger partial charge >= 0.3 is 6.18 Å². The zero-order valence-electron chi connectivity index (χ0n) is 14.4. The minimum atomic E-state index is -4.27. The van der Waals surface area contributed by atoms with Gasteiger partial charge in [0.05, 0.1) is 5.56 Å². The van der Waals surface area contributed by atoms with Crippen LogP contribution in [0.3, 0.4) is 0 Å². The summed E-state index contributed by atoms with van der Waals surface area (Å²) < 4.78 is 39.9. The number of likely N-dealkylation sites (tertiary alicyclic amines) is 1. The van der Waals surface area contributed by atoms with Crippen LogP contribution >= 0.6 is 11.8 Å². The van der Waals surface area contributed by atoms with E-state index >= 15 is 0 Å². The van der Waals surface area contributed by atoms with Gasteiger partial charge in [-0.25, -0.2) is 4.68 Å². The van der Waals surface area contributed by atoms with E-state index in [1.165, 1.54) is 12.1 Å². The molecule has 4 rings (SSSR count). The Morgan fingerprint density at radius 2 is 2.04 bits per heavy atom. The quantitative estimate of drug-likeness (QED) is 0.567.